The highest BCUT2D eigenvalue weighted by Gasteiger charge is 2.21. The number of carbonyl (C=O) groups excluding carboxylic acids is 1. The molecule has 0 amide bonds. The summed E-state index contributed by atoms with van der Waals surface area (Å²) in [7, 11) is 0. The van der Waals surface area contributed by atoms with Crippen LogP contribution >= 0.6 is 0 Å². The Labute approximate surface area is 107 Å². The summed E-state index contributed by atoms with van der Waals surface area (Å²) in [6.07, 6.45) is 0.948. The number of carbonyl (C=O) groups is 1. The van der Waals surface area contributed by atoms with E-state index in [2.05, 4.69) is 0 Å². The van der Waals surface area contributed by atoms with Gasteiger partial charge in [-0.3, -0.25) is 9.69 Å². The van der Waals surface area contributed by atoms with Crippen LogP contribution in [0, 0.1) is 11.6 Å². The molecule has 1 unspecified atom stereocenters. The van der Waals surface area contributed by atoms with Gasteiger partial charge in [-0.15, -0.1) is 0 Å². The van der Waals surface area contributed by atoms with Gasteiger partial charge in [0.15, 0.2) is 17.4 Å². The van der Waals surface area contributed by atoms with Crippen LogP contribution in [0.1, 0.15) is 37.6 Å². The van der Waals surface area contributed by atoms with Crippen LogP contribution in [0.5, 0.6) is 0 Å². The number of ketones is 1. The highest BCUT2D eigenvalue weighted by atomic mass is 19.2. The predicted octanol–water partition coefficient (Wildman–Crippen LogP) is 3.27. The normalized spacial score (nSPS) is 12.8. The molecule has 0 heterocycles. The van der Waals surface area contributed by atoms with Gasteiger partial charge in [0.05, 0.1) is 6.04 Å². The second kappa shape index (κ2) is 6.59. The first-order valence-corrected chi connectivity index (χ1v) is 6.24. The molecule has 0 spiro atoms. The fraction of sp³-hybridized carbons (Fsp3) is 0.500. The second-order valence-corrected chi connectivity index (χ2v) is 4.30. The molecule has 0 radical (unpaired) electrons. The largest absolute Gasteiger partial charge is 0.294 e. The van der Waals surface area contributed by atoms with Crippen molar-refractivity contribution in [2.75, 3.05) is 13.1 Å². The summed E-state index contributed by atoms with van der Waals surface area (Å²) < 4.78 is 25.9. The first-order valence-electron chi connectivity index (χ1n) is 6.24. The zero-order valence-electron chi connectivity index (χ0n) is 11.0. The lowest BCUT2D eigenvalue weighted by molar-refractivity contribution is 0.0844. The number of hydrogen-bond donors (Lipinski definition) is 0. The van der Waals surface area contributed by atoms with Crippen molar-refractivity contribution >= 4 is 5.78 Å². The van der Waals surface area contributed by atoms with Crippen LogP contribution in [0.3, 0.4) is 0 Å². The van der Waals surface area contributed by atoms with Crippen LogP contribution in [0.15, 0.2) is 18.2 Å². The molecular weight excluding hydrogens is 236 g/mol. The molecule has 2 nitrogen and oxygen atoms in total. The van der Waals surface area contributed by atoms with Crippen molar-refractivity contribution in [3.8, 4) is 0 Å². The molecule has 0 aliphatic carbocycles. The van der Waals surface area contributed by atoms with E-state index in [9.17, 15) is 13.6 Å². The Hall–Kier alpha value is -1.29. The molecule has 1 aromatic carbocycles. The molecule has 0 saturated heterocycles. The van der Waals surface area contributed by atoms with Crippen LogP contribution in [0.25, 0.3) is 0 Å². The average Bonchev–Trinajstić information content (AvgIpc) is 2.37. The van der Waals surface area contributed by atoms with Gasteiger partial charge >= 0.3 is 0 Å². The lowest BCUT2D eigenvalue weighted by Crippen LogP contribution is -2.39. The smallest absolute Gasteiger partial charge is 0.179 e. The standard InChI is InChI=1S/C14H19F2NO/c1-4-8-17(5-2)10(3)14(18)11-6-7-12(15)13(16)9-11/h6-7,9-10H,4-5,8H2,1-3H3. The summed E-state index contributed by atoms with van der Waals surface area (Å²) in [5, 5.41) is 0. The molecule has 0 N–H and O–H groups in total. The minimum Gasteiger partial charge on any atom is -0.294 e. The highest BCUT2D eigenvalue weighted by molar-refractivity contribution is 5.99. The SMILES string of the molecule is CCCN(CC)C(C)C(=O)c1ccc(F)c(F)c1. The van der Waals surface area contributed by atoms with Crippen molar-refractivity contribution in [1.82, 2.24) is 4.90 Å². The van der Waals surface area contributed by atoms with Crippen molar-refractivity contribution < 1.29 is 13.6 Å². The Bertz CT molecular complexity index is 420. The number of hydrogen-bond acceptors (Lipinski definition) is 2. The molecule has 0 saturated carbocycles. The maximum absolute atomic E-state index is 13.1. The fourth-order valence-corrected chi connectivity index (χ4v) is 1.97. The number of likely N-dealkylation sites (N-methyl/N-ethyl adjacent to an activating group) is 1. The molecule has 0 aromatic heterocycles. The topological polar surface area (TPSA) is 20.3 Å². The van der Waals surface area contributed by atoms with E-state index in [1.807, 2.05) is 18.7 Å². The summed E-state index contributed by atoms with van der Waals surface area (Å²) in [5.41, 5.74) is 0.218. The van der Waals surface area contributed by atoms with Gasteiger partial charge in [0.1, 0.15) is 0 Å². The van der Waals surface area contributed by atoms with Crippen molar-refractivity contribution in [1.29, 1.82) is 0 Å². The van der Waals surface area contributed by atoms with E-state index in [0.29, 0.717) is 0 Å². The van der Waals surface area contributed by atoms with E-state index in [1.165, 1.54) is 6.07 Å². The number of rotatable bonds is 6. The van der Waals surface area contributed by atoms with Crippen molar-refractivity contribution in [3.05, 3.63) is 35.4 Å². The summed E-state index contributed by atoms with van der Waals surface area (Å²) in [4.78, 5) is 14.2. The quantitative estimate of drug-likeness (QED) is 0.727. The van der Waals surface area contributed by atoms with Gasteiger partial charge in [-0.25, -0.2) is 8.78 Å². The van der Waals surface area contributed by atoms with Gasteiger partial charge in [-0.05, 0) is 44.6 Å². The van der Waals surface area contributed by atoms with E-state index in [1.54, 1.807) is 6.92 Å². The summed E-state index contributed by atoms with van der Waals surface area (Å²) >= 11 is 0. The summed E-state index contributed by atoms with van der Waals surface area (Å²) in [5.74, 6) is -2.09. The minimum atomic E-state index is -0.980. The zero-order valence-corrected chi connectivity index (χ0v) is 11.0. The monoisotopic (exact) mass is 255 g/mol. The molecule has 0 aliphatic heterocycles. The molecule has 1 atom stereocenters. The van der Waals surface area contributed by atoms with E-state index < -0.39 is 11.6 Å². The Balaban J connectivity index is 2.88. The molecule has 100 valence electrons. The van der Waals surface area contributed by atoms with Crippen LogP contribution in [0.2, 0.25) is 0 Å². The molecule has 0 fully saturated rings. The van der Waals surface area contributed by atoms with Crippen LogP contribution < -0.4 is 0 Å². The number of Topliss-reactive ketones (excluding diaryl/α,β-unsaturated/α-hetero) is 1. The minimum absolute atomic E-state index is 0.177. The average molecular weight is 255 g/mol. The molecule has 0 aliphatic rings. The van der Waals surface area contributed by atoms with E-state index in [0.717, 1.165) is 31.6 Å². The van der Waals surface area contributed by atoms with Gasteiger partial charge in [-0.2, -0.15) is 0 Å². The van der Waals surface area contributed by atoms with Crippen molar-refractivity contribution in [2.45, 2.75) is 33.2 Å². The Morgan fingerprint density at radius 1 is 1.28 bits per heavy atom. The van der Waals surface area contributed by atoms with E-state index in [-0.39, 0.29) is 17.4 Å². The molecule has 4 heteroatoms. The third-order valence-electron chi connectivity index (χ3n) is 3.05. The fourth-order valence-electron chi connectivity index (χ4n) is 1.97. The molecule has 18 heavy (non-hydrogen) atoms. The van der Waals surface area contributed by atoms with Crippen molar-refractivity contribution in [3.63, 3.8) is 0 Å². The number of benzene rings is 1. The Kier molecular flexibility index (Phi) is 5.41. The van der Waals surface area contributed by atoms with Crippen LogP contribution in [-0.2, 0) is 0 Å². The number of halogens is 2. The third-order valence-corrected chi connectivity index (χ3v) is 3.05. The third kappa shape index (κ3) is 3.35. The van der Waals surface area contributed by atoms with Gasteiger partial charge in [0.25, 0.3) is 0 Å². The Morgan fingerprint density at radius 2 is 1.94 bits per heavy atom. The van der Waals surface area contributed by atoms with E-state index in [4.69, 9.17) is 0 Å². The molecule has 1 rings (SSSR count). The molecule has 0 bridgehead atoms. The van der Waals surface area contributed by atoms with Crippen LogP contribution in [0.4, 0.5) is 8.78 Å². The summed E-state index contributed by atoms with van der Waals surface area (Å²) in [6.45, 7) is 7.38. The van der Waals surface area contributed by atoms with Gasteiger partial charge < -0.3 is 0 Å². The molecule has 1 aromatic rings. The first-order chi connectivity index (χ1) is 8.51. The lowest BCUT2D eigenvalue weighted by Gasteiger charge is -2.26. The van der Waals surface area contributed by atoms with Gasteiger partial charge in [0, 0.05) is 5.56 Å². The predicted molar refractivity (Wildman–Crippen MR) is 67.7 cm³/mol. The highest BCUT2D eigenvalue weighted by Crippen LogP contribution is 2.13. The second-order valence-electron chi connectivity index (χ2n) is 4.30. The van der Waals surface area contributed by atoms with Crippen LogP contribution in [-0.4, -0.2) is 29.8 Å². The maximum Gasteiger partial charge on any atom is 0.179 e. The zero-order chi connectivity index (χ0) is 13.7. The lowest BCUT2D eigenvalue weighted by atomic mass is 10.0. The van der Waals surface area contributed by atoms with Gasteiger partial charge in [-0.1, -0.05) is 13.8 Å². The van der Waals surface area contributed by atoms with Crippen molar-refractivity contribution in [2.24, 2.45) is 0 Å². The van der Waals surface area contributed by atoms with E-state index >= 15 is 0 Å². The maximum atomic E-state index is 13.1. The number of nitrogens with zero attached hydrogens (tertiary/aromatic N) is 1. The first kappa shape index (κ1) is 14.8. The Morgan fingerprint density at radius 3 is 2.44 bits per heavy atom. The molecular formula is C14H19F2NO. The summed E-state index contributed by atoms with van der Waals surface area (Å²) in [6, 6.07) is 2.97. The van der Waals surface area contributed by atoms with Gasteiger partial charge in [0.2, 0.25) is 0 Å².